The topological polar surface area (TPSA) is 60.2 Å². The quantitative estimate of drug-likeness (QED) is 0.897. The molecule has 8 heteroatoms. The normalized spacial score (nSPS) is 20.6. The second-order valence-electron chi connectivity index (χ2n) is 5.39. The molecule has 1 heterocycles. The molecule has 0 unspecified atom stereocenters. The van der Waals surface area contributed by atoms with Crippen molar-refractivity contribution in [2.45, 2.75) is 31.0 Å². The van der Waals surface area contributed by atoms with E-state index in [0.717, 1.165) is 12.1 Å². The van der Waals surface area contributed by atoms with E-state index in [1.807, 2.05) is 0 Å². The maximum absolute atomic E-state index is 12.4. The fourth-order valence-electron chi connectivity index (χ4n) is 2.34. The summed E-state index contributed by atoms with van der Waals surface area (Å²) in [6, 6.07) is 4.86. The third-order valence-electron chi connectivity index (χ3n) is 3.66. The highest BCUT2D eigenvalue weighted by atomic mass is 35.5. The first-order valence-electron chi connectivity index (χ1n) is 6.25. The first-order chi connectivity index (χ1) is 9.10. The Kier molecular flexibility index (Phi) is 5.34. The molecule has 1 saturated heterocycles. The summed E-state index contributed by atoms with van der Waals surface area (Å²) in [5.74, 6) is 0.0915. The van der Waals surface area contributed by atoms with Gasteiger partial charge in [-0.1, -0.05) is 12.1 Å². The van der Waals surface area contributed by atoms with Gasteiger partial charge in [0.15, 0.2) is 0 Å². The van der Waals surface area contributed by atoms with Gasteiger partial charge in [-0.25, -0.2) is 8.42 Å². The molecular formula is C13H17ClF3NO2S. The minimum Gasteiger partial charge on any atom is -0.325 e. The van der Waals surface area contributed by atoms with Crippen LogP contribution < -0.4 is 5.73 Å². The Morgan fingerprint density at radius 3 is 2.00 bits per heavy atom. The van der Waals surface area contributed by atoms with Gasteiger partial charge in [0.25, 0.3) is 0 Å². The largest absolute Gasteiger partial charge is 0.416 e. The zero-order chi connectivity index (χ0) is 15.0. The van der Waals surface area contributed by atoms with E-state index < -0.39 is 27.1 Å². The Bertz CT molecular complexity index is 570. The summed E-state index contributed by atoms with van der Waals surface area (Å²) >= 11 is 0. The summed E-state index contributed by atoms with van der Waals surface area (Å²) in [6.45, 7) is 0. The third-order valence-corrected chi connectivity index (χ3v) is 5.31. The summed E-state index contributed by atoms with van der Waals surface area (Å²) in [6.07, 6.45) is -3.27. The highest BCUT2D eigenvalue weighted by molar-refractivity contribution is 7.91. The summed E-state index contributed by atoms with van der Waals surface area (Å²) in [5, 5.41) is 0. The molecular weight excluding hydrogens is 327 g/mol. The van der Waals surface area contributed by atoms with E-state index in [9.17, 15) is 21.6 Å². The molecule has 1 aliphatic heterocycles. The maximum Gasteiger partial charge on any atom is 0.416 e. The van der Waals surface area contributed by atoms with Crippen molar-refractivity contribution in [3.8, 4) is 0 Å². The van der Waals surface area contributed by atoms with Gasteiger partial charge in [0.1, 0.15) is 9.84 Å². The van der Waals surface area contributed by atoms with Gasteiger partial charge in [-0.3, -0.25) is 0 Å². The van der Waals surface area contributed by atoms with Gasteiger partial charge in [-0.05, 0) is 37.0 Å². The van der Waals surface area contributed by atoms with Crippen LogP contribution in [-0.4, -0.2) is 25.5 Å². The van der Waals surface area contributed by atoms with E-state index in [4.69, 9.17) is 5.73 Å². The van der Waals surface area contributed by atoms with Crippen molar-refractivity contribution in [3.05, 3.63) is 35.4 Å². The molecule has 1 aromatic rings. The number of nitrogens with two attached hydrogens (primary N) is 1. The van der Waals surface area contributed by atoms with Gasteiger partial charge in [-0.2, -0.15) is 13.2 Å². The SMILES string of the molecule is Cl.NC1(Cc2ccc(C(F)(F)F)cc2)CCS(=O)(=O)CC1. The molecule has 1 aliphatic rings. The molecule has 2 N–H and O–H groups in total. The smallest absolute Gasteiger partial charge is 0.325 e. The lowest BCUT2D eigenvalue weighted by Crippen LogP contribution is -2.48. The monoisotopic (exact) mass is 343 g/mol. The Labute approximate surface area is 128 Å². The summed E-state index contributed by atoms with van der Waals surface area (Å²) in [5.41, 5.74) is 5.50. The van der Waals surface area contributed by atoms with Crippen LogP contribution in [0.25, 0.3) is 0 Å². The van der Waals surface area contributed by atoms with Crippen LogP contribution in [0.4, 0.5) is 13.2 Å². The molecule has 2 rings (SSSR count). The number of sulfone groups is 1. The minimum absolute atomic E-state index is 0. The average molecular weight is 344 g/mol. The van der Waals surface area contributed by atoms with E-state index in [1.165, 1.54) is 12.1 Å². The molecule has 0 aromatic heterocycles. The van der Waals surface area contributed by atoms with Crippen LogP contribution in [0, 0.1) is 0 Å². The standard InChI is InChI=1S/C13H16F3NO2S.ClH/c14-13(15,16)11-3-1-10(2-4-11)9-12(17)5-7-20(18,19)8-6-12;/h1-4H,5-9,17H2;1H. The van der Waals surface area contributed by atoms with Gasteiger partial charge in [0.2, 0.25) is 0 Å². The fraction of sp³-hybridized carbons (Fsp3) is 0.538. The molecule has 0 radical (unpaired) electrons. The van der Waals surface area contributed by atoms with Crippen molar-refractivity contribution in [1.82, 2.24) is 0 Å². The van der Waals surface area contributed by atoms with E-state index in [2.05, 4.69) is 0 Å². The van der Waals surface area contributed by atoms with Crippen molar-refractivity contribution in [2.75, 3.05) is 11.5 Å². The highest BCUT2D eigenvalue weighted by Crippen LogP contribution is 2.30. The number of rotatable bonds is 2. The molecule has 0 aliphatic carbocycles. The molecule has 0 atom stereocenters. The maximum atomic E-state index is 12.4. The number of benzene rings is 1. The molecule has 1 fully saturated rings. The van der Waals surface area contributed by atoms with Crippen LogP contribution in [-0.2, 0) is 22.4 Å². The van der Waals surface area contributed by atoms with Gasteiger partial charge in [-0.15, -0.1) is 12.4 Å². The summed E-state index contributed by atoms with van der Waals surface area (Å²) in [7, 11) is -3.00. The van der Waals surface area contributed by atoms with E-state index in [1.54, 1.807) is 0 Å². The van der Waals surface area contributed by atoms with Crippen LogP contribution in [0.1, 0.15) is 24.0 Å². The zero-order valence-electron chi connectivity index (χ0n) is 11.2. The predicted molar refractivity (Wildman–Crippen MR) is 77.2 cm³/mol. The van der Waals surface area contributed by atoms with Gasteiger partial charge < -0.3 is 5.73 Å². The van der Waals surface area contributed by atoms with Gasteiger partial charge >= 0.3 is 6.18 Å². The van der Waals surface area contributed by atoms with E-state index in [-0.39, 0.29) is 23.9 Å². The van der Waals surface area contributed by atoms with Crippen molar-refractivity contribution in [1.29, 1.82) is 0 Å². The molecule has 0 amide bonds. The van der Waals surface area contributed by atoms with Crippen LogP contribution in [0.5, 0.6) is 0 Å². The molecule has 0 bridgehead atoms. The Morgan fingerprint density at radius 2 is 1.57 bits per heavy atom. The lowest BCUT2D eigenvalue weighted by molar-refractivity contribution is -0.137. The van der Waals surface area contributed by atoms with E-state index >= 15 is 0 Å². The summed E-state index contributed by atoms with van der Waals surface area (Å²) < 4.78 is 60.1. The minimum atomic E-state index is -4.35. The lowest BCUT2D eigenvalue weighted by atomic mass is 9.86. The van der Waals surface area contributed by atoms with Crippen molar-refractivity contribution in [3.63, 3.8) is 0 Å². The zero-order valence-corrected chi connectivity index (χ0v) is 12.8. The first-order valence-corrected chi connectivity index (χ1v) is 8.07. The van der Waals surface area contributed by atoms with Crippen LogP contribution in [0.2, 0.25) is 0 Å². The molecule has 1 aromatic carbocycles. The molecule has 21 heavy (non-hydrogen) atoms. The Morgan fingerprint density at radius 1 is 1.10 bits per heavy atom. The van der Waals surface area contributed by atoms with Gasteiger partial charge in [0.05, 0.1) is 17.1 Å². The highest BCUT2D eigenvalue weighted by Gasteiger charge is 2.34. The van der Waals surface area contributed by atoms with Crippen molar-refractivity contribution in [2.24, 2.45) is 5.73 Å². The second-order valence-corrected chi connectivity index (χ2v) is 7.69. The lowest BCUT2D eigenvalue weighted by Gasteiger charge is -2.33. The Hall–Kier alpha value is -0.790. The predicted octanol–water partition coefficient (Wildman–Crippen LogP) is 2.58. The molecule has 0 spiro atoms. The van der Waals surface area contributed by atoms with Crippen LogP contribution in [0.15, 0.2) is 24.3 Å². The second kappa shape index (κ2) is 6.14. The molecule has 0 saturated carbocycles. The van der Waals surface area contributed by atoms with Gasteiger partial charge in [0, 0.05) is 5.54 Å². The number of hydrogen-bond acceptors (Lipinski definition) is 3. The van der Waals surface area contributed by atoms with E-state index in [0.29, 0.717) is 24.8 Å². The number of hydrogen-bond donors (Lipinski definition) is 1. The number of halogens is 4. The van der Waals surface area contributed by atoms with Crippen LogP contribution in [0.3, 0.4) is 0 Å². The number of alkyl halides is 3. The average Bonchev–Trinajstić information content (AvgIpc) is 2.33. The summed E-state index contributed by atoms with van der Waals surface area (Å²) in [4.78, 5) is 0. The van der Waals surface area contributed by atoms with Crippen molar-refractivity contribution < 1.29 is 21.6 Å². The Balaban J connectivity index is 0.00000220. The molecule has 120 valence electrons. The van der Waals surface area contributed by atoms with Crippen molar-refractivity contribution >= 4 is 22.2 Å². The fourth-order valence-corrected chi connectivity index (χ4v) is 3.98. The van der Waals surface area contributed by atoms with Crippen LogP contribution >= 0.6 is 12.4 Å². The third kappa shape index (κ3) is 4.86. The first kappa shape index (κ1) is 18.3. The molecule has 3 nitrogen and oxygen atoms in total.